The summed E-state index contributed by atoms with van der Waals surface area (Å²) in [4.78, 5) is 33.3. The third-order valence-electron chi connectivity index (χ3n) is 10.5. The standard InChI is InChI=1S/C29H34F3N7O2/c1-2-22(40)37-9-7-18-24-19(39(36-18)28-13-27(14-28,15-28)16-5-3-4-6-16)8-10-38(20(24)12-37)26(41)23-17(33)11-21(29(30,31)32)35-25(23)34/h2,11,16,20H,1,3-10,12-15H2,(H4,33,34,35). The van der Waals surface area contributed by atoms with Gasteiger partial charge in [-0.15, -0.1) is 0 Å². The molecule has 2 aliphatic heterocycles. The van der Waals surface area contributed by atoms with Crippen LogP contribution in [0.15, 0.2) is 18.7 Å². The molecule has 6 aliphatic rings. The van der Waals surface area contributed by atoms with Gasteiger partial charge in [-0.2, -0.15) is 18.3 Å². The average Bonchev–Trinajstić information content (AvgIpc) is 3.48. The number of aromatic nitrogens is 3. The van der Waals surface area contributed by atoms with Crippen molar-refractivity contribution in [2.45, 2.75) is 75.5 Å². The van der Waals surface area contributed by atoms with Gasteiger partial charge in [-0.25, -0.2) is 4.98 Å². The first-order valence-corrected chi connectivity index (χ1v) is 14.4. The number of halogens is 3. The monoisotopic (exact) mass is 569 g/mol. The Morgan fingerprint density at radius 3 is 2.44 bits per heavy atom. The van der Waals surface area contributed by atoms with Crippen LogP contribution in [-0.4, -0.2) is 56.0 Å². The van der Waals surface area contributed by atoms with Crippen molar-refractivity contribution in [1.82, 2.24) is 24.6 Å². The molecule has 0 aromatic carbocycles. The van der Waals surface area contributed by atoms with E-state index in [1.54, 1.807) is 9.80 Å². The molecule has 41 heavy (non-hydrogen) atoms. The summed E-state index contributed by atoms with van der Waals surface area (Å²) in [6, 6.07) is 0.102. The third-order valence-corrected chi connectivity index (χ3v) is 10.5. The van der Waals surface area contributed by atoms with Crippen LogP contribution in [0.1, 0.15) is 84.0 Å². The van der Waals surface area contributed by atoms with Crippen molar-refractivity contribution >= 4 is 23.3 Å². The minimum Gasteiger partial charge on any atom is -0.398 e. The summed E-state index contributed by atoms with van der Waals surface area (Å²) in [6.07, 6.45) is 6.36. The van der Waals surface area contributed by atoms with Gasteiger partial charge in [-0.1, -0.05) is 19.4 Å². The minimum atomic E-state index is -4.75. The minimum absolute atomic E-state index is 0.0314. The van der Waals surface area contributed by atoms with Gasteiger partial charge in [0.2, 0.25) is 5.91 Å². The second-order valence-electron chi connectivity index (χ2n) is 12.7. The quantitative estimate of drug-likeness (QED) is 0.540. The van der Waals surface area contributed by atoms with Gasteiger partial charge in [0.15, 0.2) is 0 Å². The molecule has 218 valence electrons. The van der Waals surface area contributed by atoms with Crippen LogP contribution >= 0.6 is 0 Å². The Kier molecular flexibility index (Phi) is 5.60. The van der Waals surface area contributed by atoms with Crippen LogP contribution in [0.25, 0.3) is 0 Å². The number of hydrogen-bond donors (Lipinski definition) is 2. The molecule has 4 fully saturated rings. The van der Waals surface area contributed by atoms with Gasteiger partial charge in [0, 0.05) is 43.7 Å². The third kappa shape index (κ3) is 3.74. The molecule has 2 aromatic heterocycles. The zero-order valence-electron chi connectivity index (χ0n) is 22.8. The maximum absolute atomic E-state index is 13.9. The smallest absolute Gasteiger partial charge is 0.398 e. The van der Waals surface area contributed by atoms with E-state index in [0.717, 1.165) is 42.1 Å². The second-order valence-corrected chi connectivity index (χ2v) is 12.7. The summed E-state index contributed by atoms with van der Waals surface area (Å²) in [5.41, 5.74) is 13.4. The van der Waals surface area contributed by atoms with Crippen molar-refractivity contribution in [3.63, 3.8) is 0 Å². The maximum Gasteiger partial charge on any atom is 0.433 e. The molecule has 1 unspecified atom stereocenters. The van der Waals surface area contributed by atoms with Crippen LogP contribution in [-0.2, 0) is 29.4 Å². The van der Waals surface area contributed by atoms with E-state index in [2.05, 4.69) is 16.2 Å². The predicted octanol–water partition coefficient (Wildman–Crippen LogP) is 3.84. The molecule has 2 bridgehead atoms. The van der Waals surface area contributed by atoms with E-state index in [1.807, 2.05) is 0 Å². The molecule has 1 atom stereocenters. The number of nitrogens with zero attached hydrogens (tertiary/aromatic N) is 5. The van der Waals surface area contributed by atoms with Crippen molar-refractivity contribution in [2.24, 2.45) is 11.3 Å². The molecule has 0 spiro atoms. The summed E-state index contributed by atoms with van der Waals surface area (Å²) < 4.78 is 42.1. The van der Waals surface area contributed by atoms with Crippen molar-refractivity contribution in [2.75, 3.05) is 31.1 Å². The van der Waals surface area contributed by atoms with E-state index in [1.165, 1.54) is 31.8 Å². The number of carbonyl (C=O) groups excluding carboxylic acids is 2. The Bertz CT molecular complexity index is 1430. The molecule has 4 aliphatic carbocycles. The highest BCUT2D eigenvalue weighted by Crippen LogP contribution is 2.76. The van der Waals surface area contributed by atoms with Gasteiger partial charge in [0.05, 0.1) is 23.0 Å². The summed E-state index contributed by atoms with van der Waals surface area (Å²) in [7, 11) is 0. The predicted molar refractivity (Wildman–Crippen MR) is 144 cm³/mol. The summed E-state index contributed by atoms with van der Waals surface area (Å²) in [6.45, 7) is 4.56. The zero-order valence-corrected chi connectivity index (χ0v) is 22.8. The van der Waals surface area contributed by atoms with Crippen LogP contribution in [0.3, 0.4) is 0 Å². The fourth-order valence-corrected chi connectivity index (χ4v) is 8.67. The Morgan fingerprint density at radius 2 is 1.80 bits per heavy atom. The van der Waals surface area contributed by atoms with Crippen molar-refractivity contribution in [1.29, 1.82) is 0 Å². The summed E-state index contributed by atoms with van der Waals surface area (Å²) >= 11 is 0. The van der Waals surface area contributed by atoms with Crippen LogP contribution < -0.4 is 11.5 Å². The number of hydrogen-bond acceptors (Lipinski definition) is 6. The molecule has 9 nitrogen and oxygen atoms in total. The number of pyridine rings is 1. The summed E-state index contributed by atoms with van der Waals surface area (Å²) in [5, 5.41) is 5.15. The van der Waals surface area contributed by atoms with E-state index >= 15 is 0 Å². The lowest BCUT2D eigenvalue weighted by atomic mass is 9.35. The molecular weight excluding hydrogens is 535 g/mol. The lowest BCUT2D eigenvalue weighted by Crippen LogP contribution is -2.70. The molecule has 2 amide bonds. The lowest BCUT2D eigenvalue weighted by Gasteiger charge is -2.73. The van der Waals surface area contributed by atoms with Gasteiger partial charge in [-0.3, -0.25) is 14.3 Å². The highest BCUT2D eigenvalue weighted by Gasteiger charge is 2.72. The van der Waals surface area contributed by atoms with Crippen molar-refractivity contribution in [3.05, 3.63) is 46.9 Å². The first kappa shape index (κ1) is 26.3. The van der Waals surface area contributed by atoms with Crippen LogP contribution in [0, 0.1) is 11.3 Å². The molecule has 0 radical (unpaired) electrons. The first-order valence-electron chi connectivity index (χ1n) is 14.4. The molecule has 4 heterocycles. The lowest BCUT2D eigenvalue weighted by molar-refractivity contribution is -0.225. The van der Waals surface area contributed by atoms with Gasteiger partial charge in [0.1, 0.15) is 17.1 Å². The number of amides is 2. The van der Waals surface area contributed by atoms with E-state index in [4.69, 9.17) is 16.6 Å². The fourth-order valence-electron chi connectivity index (χ4n) is 8.67. The Balaban J connectivity index is 1.24. The highest BCUT2D eigenvalue weighted by atomic mass is 19.4. The number of anilines is 2. The van der Waals surface area contributed by atoms with E-state index in [9.17, 15) is 22.8 Å². The Hall–Kier alpha value is -3.57. The molecule has 4 N–H and O–H groups in total. The molecular formula is C29H34F3N7O2. The molecule has 2 aromatic rings. The highest BCUT2D eigenvalue weighted by molar-refractivity contribution is 6.03. The average molecular weight is 570 g/mol. The second kappa shape index (κ2) is 8.72. The number of nitrogen functional groups attached to an aromatic ring is 2. The SMILES string of the molecule is C=CC(=O)N1CCc2nn(C34CC(C5CCCC5)(C3)C4)c3c2C(C1)N(C(=O)c1c(N)cc(C(F)(F)F)nc1N)CC3. The van der Waals surface area contributed by atoms with Crippen LogP contribution in [0.2, 0.25) is 0 Å². The number of nitrogens with two attached hydrogens (primary N) is 2. The van der Waals surface area contributed by atoms with Gasteiger partial charge in [0.25, 0.3) is 5.91 Å². The largest absolute Gasteiger partial charge is 0.433 e. The fraction of sp³-hybridized carbons (Fsp3) is 0.586. The first-order chi connectivity index (χ1) is 19.5. The Morgan fingerprint density at radius 1 is 1.10 bits per heavy atom. The van der Waals surface area contributed by atoms with Gasteiger partial charge >= 0.3 is 6.18 Å². The molecule has 0 saturated heterocycles. The molecule has 8 rings (SSSR count). The van der Waals surface area contributed by atoms with E-state index < -0.39 is 29.6 Å². The van der Waals surface area contributed by atoms with E-state index in [-0.39, 0.29) is 29.2 Å². The molecule has 12 heteroatoms. The van der Waals surface area contributed by atoms with Crippen molar-refractivity contribution in [3.8, 4) is 0 Å². The van der Waals surface area contributed by atoms with Gasteiger partial charge in [-0.05, 0) is 55.6 Å². The van der Waals surface area contributed by atoms with E-state index in [0.29, 0.717) is 37.4 Å². The Labute approximate surface area is 235 Å². The summed E-state index contributed by atoms with van der Waals surface area (Å²) in [5.74, 6) is -0.602. The number of carbonyl (C=O) groups is 2. The topological polar surface area (TPSA) is 123 Å². The zero-order chi connectivity index (χ0) is 28.9. The maximum atomic E-state index is 13.9. The van der Waals surface area contributed by atoms with Crippen molar-refractivity contribution < 1.29 is 22.8 Å². The van der Waals surface area contributed by atoms with Crippen LogP contribution in [0.4, 0.5) is 24.7 Å². The number of alkyl halides is 3. The normalized spacial score (nSPS) is 28.9. The van der Waals surface area contributed by atoms with Gasteiger partial charge < -0.3 is 21.3 Å². The van der Waals surface area contributed by atoms with Crippen LogP contribution in [0.5, 0.6) is 0 Å². The number of rotatable bonds is 4. The molecule has 4 saturated carbocycles.